The first kappa shape index (κ1) is 21.7. The molecular formula is C20H26N6O3S. The van der Waals surface area contributed by atoms with Gasteiger partial charge in [0.2, 0.25) is 0 Å². The minimum atomic E-state index is -0.217. The van der Waals surface area contributed by atoms with E-state index in [0.717, 1.165) is 16.9 Å². The van der Waals surface area contributed by atoms with Gasteiger partial charge in [0.1, 0.15) is 17.3 Å². The predicted molar refractivity (Wildman–Crippen MR) is 118 cm³/mol. The molecular weight excluding hydrogens is 404 g/mol. The number of ether oxygens (including phenoxy) is 2. The fourth-order valence-corrected chi connectivity index (χ4v) is 3.25. The van der Waals surface area contributed by atoms with Gasteiger partial charge in [-0.1, -0.05) is 11.8 Å². The van der Waals surface area contributed by atoms with Gasteiger partial charge in [-0.2, -0.15) is 5.10 Å². The first-order chi connectivity index (χ1) is 14.4. The second-order valence-corrected chi connectivity index (χ2v) is 7.59. The van der Waals surface area contributed by atoms with E-state index in [0.29, 0.717) is 35.3 Å². The van der Waals surface area contributed by atoms with Crippen molar-refractivity contribution < 1.29 is 14.3 Å². The van der Waals surface area contributed by atoms with E-state index in [1.165, 1.54) is 11.8 Å². The smallest absolute Gasteiger partial charge is 0.251 e. The molecule has 3 rings (SSSR count). The van der Waals surface area contributed by atoms with Gasteiger partial charge in [-0.3, -0.25) is 4.79 Å². The highest BCUT2D eigenvalue weighted by Gasteiger charge is 2.14. The minimum absolute atomic E-state index is 0.217. The monoisotopic (exact) mass is 430 g/mol. The van der Waals surface area contributed by atoms with Gasteiger partial charge in [-0.05, 0) is 32.2 Å². The maximum atomic E-state index is 12.6. The van der Waals surface area contributed by atoms with E-state index in [9.17, 15) is 4.79 Å². The molecule has 0 saturated heterocycles. The first-order valence-corrected chi connectivity index (χ1v) is 10.7. The highest BCUT2D eigenvalue weighted by molar-refractivity contribution is 7.98. The summed E-state index contributed by atoms with van der Waals surface area (Å²) >= 11 is 1.47. The molecule has 160 valence electrons. The molecule has 1 amide bonds. The van der Waals surface area contributed by atoms with Crippen molar-refractivity contribution in [2.75, 3.05) is 32.3 Å². The van der Waals surface area contributed by atoms with E-state index in [2.05, 4.69) is 39.5 Å². The van der Waals surface area contributed by atoms with Gasteiger partial charge < -0.3 is 20.1 Å². The van der Waals surface area contributed by atoms with Crippen LogP contribution in [0.1, 0.15) is 24.2 Å². The van der Waals surface area contributed by atoms with Crippen molar-refractivity contribution in [2.45, 2.75) is 31.6 Å². The van der Waals surface area contributed by atoms with Crippen LogP contribution in [0.5, 0.6) is 11.5 Å². The van der Waals surface area contributed by atoms with Gasteiger partial charge in [0.15, 0.2) is 10.8 Å². The maximum Gasteiger partial charge on any atom is 0.251 e. The fourth-order valence-electron chi connectivity index (χ4n) is 2.89. The van der Waals surface area contributed by atoms with E-state index in [1.54, 1.807) is 43.3 Å². The van der Waals surface area contributed by atoms with Crippen molar-refractivity contribution in [1.29, 1.82) is 0 Å². The van der Waals surface area contributed by atoms with Gasteiger partial charge in [-0.15, -0.1) is 0 Å². The van der Waals surface area contributed by atoms with E-state index in [-0.39, 0.29) is 11.9 Å². The number of methoxy groups -OCH3 is 2. The van der Waals surface area contributed by atoms with Crippen LogP contribution < -0.4 is 20.1 Å². The van der Waals surface area contributed by atoms with Crippen molar-refractivity contribution in [2.24, 2.45) is 0 Å². The molecule has 0 atom stereocenters. The van der Waals surface area contributed by atoms with Crippen LogP contribution in [0.25, 0.3) is 11.0 Å². The summed E-state index contributed by atoms with van der Waals surface area (Å²) < 4.78 is 12.2. The van der Waals surface area contributed by atoms with E-state index >= 15 is 0 Å². The number of carbonyl (C=O) groups is 1. The van der Waals surface area contributed by atoms with Crippen molar-refractivity contribution in [3.63, 3.8) is 0 Å². The third-order valence-corrected chi connectivity index (χ3v) is 4.85. The number of aromatic nitrogens is 4. The van der Waals surface area contributed by atoms with Crippen molar-refractivity contribution in [3.05, 3.63) is 30.0 Å². The number of fused-ring (bicyclic) bond motifs is 1. The SMILES string of the molecule is COc1cc(OC)cc(C(=O)NCCn2ncc3c(NC(C)C)nc(SC)nc32)c1. The average Bonchev–Trinajstić information content (AvgIpc) is 3.15. The Bertz CT molecular complexity index is 1010. The second kappa shape index (κ2) is 9.66. The summed E-state index contributed by atoms with van der Waals surface area (Å²) in [5.41, 5.74) is 1.20. The molecule has 0 unspecified atom stereocenters. The molecule has 0 aliphatic heterocycles. The molecule has 30 heavy (non-hydrogen) atoms. The Kier molecular flexibility index (Phi) is 6.99. The first-order valence-electron chi connectivity index (χ1n) is 9.50. The number of carbonyl (C=O) groups excluding carboxylic acids is 1. The highest BCUT2D eigenvalue weighted by Crippen LogP contribution is 2.24. The van der Waals surface area contributed by atoms with E-state index in [1.807, 2.05) is 6.26 Å². The molecule has 3 aromatic rings. The number of amides is 1. The van der Waals surface area contributed by atoms with Crippen molar-refractivity contribution >= 4 is 34.5 Å². The highest BCUT2D eigenvalue weighted by atomic mass is 32.2. The summed E-state index contributed by atoms with van der Waals surface area (Å²) in [6.45, 7) is 4.98. The molecule has 0 aliphatic carbocycles. The molecule has 10 heteroatoms. The Labute approximate surface area is 179 Å². The van der Waals surface area contributed by atoms with Crippen molar-refractivity contribution in [3.8, 4) is 11.5 Å². The van der Waals surface area contributed by atoms with Crippen LogP contribution in [0.15, 0.2) is 29.6 Å². The largest absolute Gasteiger partial charge is 0.497 e. The number of rotatable bonds is 9. The van der Waals surface area contributed by atoms with Crippen LogP contribution in [0, 0.1) is 0 Å². The summed E-state index contributed by atoms with van der Waals surface area (Å²) in [5.74, 6) is 1.66. The van der Waals surface area contributed by atoms with Crippen LogP contribution in [0.4, 0.5) is 5.82 Å². The Balaban J connectivity index is 1.74. The zero-order valence-corrected chi connectivity index (χ0v) is 18.5. The lowest BCUT2D eigenvalue weighted by Crippen LogP contribution is -2.27. The summed E-state index contributed by atoms with van der Waals surface area (Å²) in [6.07, 6.45) is 3.68. The molecule has 0 fully saturated rings. The van der Waals surface area contributed by atoms with Crippen LogP contribution >= 0.6 is 11.8 Å². The lowest BCUT2D eigenvalue weighted by molar-refractivity contribution is 0.0951. The fraction of sp³-hybridized carbons (Fsp3) is 0.400. The van der Waals surface area contributed by atoms with Crippen LogP contribution in [0.2, 0.25) is 0 Å². The van der Waals surface area contributed by atoms with E-state index in [4.69, 9.17) is 9.47 Å². The molecule has 2 heterocycles. The van der Waals surface area contributed by atoms with Gasteiger partial charge in [0.25, 0.3) is 5.91 Å². The van der Waals surface area contributed by atoms with E-state index < -0.39 is 0 Å². The number of benzene rings is 1. The standard InChI is InChI=1S/C20H26N6O3S/c1-12(2)23-17-16-11-22-26(18(16)25-20(24-17)30-5)7-6-21-19(27)13-8-14(28-3)10-15(9-13)29-4/h8-12H,6-7H2,1-5H3,(H,21,27)(H,23,24,25). The van der Waals surface area contributed by atoms with Gasteiger partial charge in [0, 0.05) is 24.2 Å². The van der Waals surface area contributed by atoms with Crippen LogP contribution in [0.3, 0.4) is 0 Å². The summed E-state index contributed by atoms with van der Waals surface area (Å²) in [5, 5.41) is 12.2. The summed E-state index contributed by atoms with van der Waals surface area (Å²) in [4.78, 5) is 21.7. The molecule has 0 aliphatic rings. The Morgan fingerprint density at radius 1 is 1.17 bits per heavy atom. The Hall–Kier alpha value is -3.01. The number of nitrogens with one attached hydrogen (secondary N) is 2. The van der Waals surface area contributed by atoms with Gasteiger partial charge >= 0.3 is 0 Å². The number of thioether (sulfide) groups is 1. The summed E-state index contributed by atoms with van der Waals surface area (Å²) in [6, 6.07) is 5.30. The number of nitrogens with zero attached hydrogens (tertiary/aromatic N) is 4. The summed E-state index contributed by atoms with van der Waals surface area (Å²) in [7, 11) is 3.10. The quantitative estimate of drug-likeness (QED) is 0.395. The third kappa shape index (κ3) is 4.93. The topological polar surface area (TPSA) is 103 Å². The number of hydrogen-bond donors (Lipinski definition) is 2. The molecule has 0 spiro atoms. The average molecular weight is 431 g/mol. The molecule has 9 nitrogen and oxygen atoms in total. The number of anilines is 1. The van der Waals surface area contributed by atoms with Gasteiger partial charge in [-0.25, -0.2) is 14.6 Å². The zero-order valence-electron chi connectivity index (χ0n) is 17.7. The number of hydrogen-bond acceptors (Lipinski definition) is 8. The predicted octanol–water partition coefficient (Wildman–Crippen LogP) is 2.82. The molecule has 1 aromatic carbocycles. The maximum absolute atomic E-state index is 12.6. The van der Waals surface area contributed by atoms with Crippen LogP contribution in [-0.4, -0.2) is 58.7 Å². The lowest BCUT2D eigenvalue weighted by atomic mass is 10.2. The third-order valence-electron chi connectivity index (χ3n) is 4.31. The molecule has 0 bridgehead atoms. The minimum Gasteiger partial charge on any atom is -0.497 e. The molecule has 2 aromatic heterocycles. The van der Waals surface area contributed by atoms with Crippen molar-refractivity contribution in [1.82, 2.24) is 25.1 Å². The molecule has 2 N–H and O–H groups in total. The normalized spacial score (nSPS) is 11.0. The zero-order chi connectivity index (χ0) is 21.7. The van der Waals surface area contributed by atoms with Gasteiger partial charge in [0.05, 0.1) is 32.3 Å². The Morgan fingerprint density at radius 3 is 2.47 bits per heavy atom. The van der Waals surface area contributed by atoms with Crippen LogP contribution in [-0.2, 0) is 6.54 Å². The Morgan fingerprint density at radius 2 is 1.87 bits per heavy atom. The lowest BCUT2D eigenvalue weighted by Gasteiger charge is -2.12. The second-order valence-electron chi connectivity index (χ2n) is 6.82. The molecule has 0 saturated carbocycles. The molecule has 0 radical (unpaired) electrons.